The number of rotatable bonds is 5. The predicted octanol–water partition coefficient (Wildman–Crippen LogP) is 5.25. The number of nitrogens with zero attached hydrogens (tertiary/aromatic N) is 6. The molecule has 1 spiro atoms. The molecule has 3 aromatic heterocycles. The van der Waals surface area contributed by atoms with Gasteiger partial charge in [-0.3, -0.25) is 14.4 Å². The summed E-state index contributed by atoms with van der Waals surface area (Å²) in [6, 6.07) is 5.60. The summed E-state index contributed by atoms with van der Waals surface area (Å²) in [5.41, 5.74) is -0.0264. The summed E-state index contributed by atoms with van der Waals surface area (Å²) in [5, 5.41) is 17.1. The number of alkyl halides is 3. The summed E-state index contributed by atoms with van der Waals surface area (Å²) in [6.45, 7) is 5.15. The van der Waals surface area contributed by atoms with Gasteiger partial charge in [-0.15, -0.1) is 5.10 Å². The summed E-state index contributed by atoms with van der Waals surface area (Å²) in [4.78, 5) is 51.2. The van der Waals surface area contributed by atoms with E-state index in [0.29, 0.717) is 75.5 Å². The van der Waals surface area contributed by atoms with Gasteiger partial charge in [-0.1, -0.05) is 31.5 Å². The molecule has 1 fully saturated rings. The Morgan fingerprint density at radius 2 is 1.88 bits per heavy atom. The second kappa shape index (κ2) is 13.9. The molecule has 1 aliphatic carbocycles. The van der Waals surface area contributed by atoms with Crippen LogP contribution in [0.4, 0.5) is 18.9 Å². The monoisotopic (exact) mass is 713 g/mol. The lowest BCUT2D eigenvalue weighted by Crippen LogP contribution is -2.46. The Morgan fingerprint density at radius 3 is 2.54 bits per heavy atom. The van der Waals surface area contributed by atoms with E-state index in [1.54, 1.807) is 9.47 Å². The second-order valence-electron chi connectivity index (χ2n) is 12.1. The third-order valence-corrected chi connectivity index (χ3v) is 9.66. The fourth-order valence-corrected chi connectivity index (χ4v) is 7.11. The zero-order valence-corrected chi connectivity index (χ0v) is 28.1. The van der Waals surface area contributed by atoms with Gasteiger partial charge in [0.05, 0.1) is 29.5 Å². The number of benzene rings is 1. The molecule has 1 aromatic carbocycles. The number of pyridine rings is 1. The van der Waals surface area contributed by atoms with E-state index in [1.807, 2.05) is 19.9 Å². The summed E-state index contributed by atoms with van der Waals surface area (Å²) in [5.74, 6) is -0.709. The number of aromatic hydroxyl groups is 1. The van der Waals surface area contributed by atoms with E-state index in [-0.39, 0.29) is 40.0 Å². The fraction of sp³-hybridized carbons (Fsp3) is 0.412. The van der Waals surface area contributed by atoms with Crippen LogP contribution in [0.5, 0.6) is 5.75 Å². The van der Waals surface area contributed by atoms with Crippen LogP contribution in [0.15, 0.2) is 47.4 Å². The van der Waals surface area contributed by atoms with Crippen molar-refractivity contribution < 1.29 is 32.6 Å². The van der Waals surface area contributed by atoms with Gasteiger partial charge < -0.3 is 24.6 Å². The minimum absolute atomic E-state index is 0.00495. The molecule has 0 atom stereocenters. The number of carbonyl (C=O) groups excluding carboxylic acids is 2. The number of aromatic nitrogens is 5. The lowest BCUT2D eigenvalue weighted by atomic mass is 9.74. The first kappa shape index (κ1) is 35.1. The summed E-state index contributed by atoms with van der Waals surface area (Å²) in [6.07, 6.45) is 1.16. The maximum Gasteiger partial charge on any atom is 0.416 e. The van der Waals surface area contributed by atoms with E-state index < -0.39 is 29.0 Å². The molecular weight excluding hydrogens is 679 g/mol. The first-order valence-corrected chi connectivity index (χ1v) is 16.7. The van der Waals surface area contributed by atoms with Crippen molar-refractivity contribution in [2.75, 3.05) is 31.6 Å². The quantitative estimate of drug-likeness (QED) is 0.286. The molecule has 1 saturated heterocycles. The minimum atomic E-state index is -4.60. The first-order chi connectivity index (χ1) is 23.9. The average Bonchev–Trinajstić information content (AvgIpc) is 3.72. The number of anilines is 1. The lowest BCUT2D eigenvalue weighted by molar-refractivity contribution is -0.137. The van der Waals surface area contributed by atoms with Crippen molar-refractivity contribution in [2.24, 2.45) is 0 Å². The van der Waals surface area contributed by atoms with Crippen molar-refractivity contribution in [3.05, 3.63) is 86.3 Å². The molecule has 4 aromatic rings. The predicted molar refractivity (Wildman–Crippen MR) is 178 cm³/mol. The standard InChI is InChI=1S/C32H29ClF3N7O5.C2H6/c33-20-16-19(32(34,35)36)3-4-21(20)38-24(45)17-42-22-5-8-31(9-12-41(13-10-31)29(47)26-23(44)2-1-11-37-26)25(22)28(46)43-30(42)39-27(40-43)18-6-14-48-15-7-18;1-2/h1-4,6,11,16,44H,5,7-10,12-15,17H2,(H,38,45);1-2H3. The number of halogens is 4. The van der Waals surface area contributed by atoms with E-state index in [0.717, 1.165) is 23.8 Å². The number of hydrogen-bond donors (Lipinski definition) is 2. The molecule has 2 aliphatic heterocycles. The number of fused-ring (bicyclic) bond motifs is 3. The Balaban J connectivity index is 0.00000212. The van der Waals surface area contributed by atoms with Crippen molar-refractivity contribution in [1.82, 2.24) is 29.0 Å². The van der Waals surface area contributed by atoms with Gasteiger partial charge in [0.1, 0.15) is 12.3 Å². The van der Waals surface area contributed by atoms with Crippen molar-refractivity contribution in [2.45, 2.75) is 64.1 Å². The highest BCUT2D eigenvalue weighted by atomic mass is 35.5. The smallest absolute Gasteiger partial charge is 0.416 e. The van der Waals surface area contributed by atoms with Crippen LogP contribution < -0.4 is 10.9 Å². The van der Waals surface area contributed by atoms with Crippen molar-refractivity contribution >= 4 is 40.5 Å². The fourth-order valence-electron chi connectivity index (χ4n) is 6.88. The average molecular weight is 714 g/mol. The van der Waals surface area contributed by atoms with Gasteiger partial charge in [-0.05, 0) is 68.0 Å². The van der Waals surface area contributed by atoms with E-state index >= 15 is 0 Å². The van der Waals surface area contributed by atoms with E-state index in [9.17, 15) is 32.7 Å². The number of likely N-dealkylation sites (tertiary alicyclic amines) is 1. The Kier molecular flexibility index (Phi) is 9.73. The van der Waals surface area contributed by atoms with E-state index in [2.05, 4.69) is 20.4 Å². The summed E-state index contributed by atoms with van der Waals surface area (Å²) in [7, 11) is 0. The number of ether oxygens (including phenoxy) is 1. The maximum atomic E-state index is 14.2. The third-order valence-electron chi connectivity index (χ3n) is 9.34. The first-order valence-electron chi connectivity index (χ1n) is 16.4. The molecule has 5 heterocycles. The van der Waals surface area contributed by atoms with Gasteiger partial charge >= 0.3 is 6.18 Å². The van der Waals surface area contributed by atoms with Crippen LogP contribution in [-0.4, -0.2) is 72.3 Å². The van der Waals surface area contributed by atoms with Crippen molar-refractivity contribution in [3.63, 3.8) is 0 Å². The molecule has 0 bridgehead atoms. The zero-order chi connectivity index (χ0) is 35.8. The highest BCUT2D eigenvalue weighted by Crippen LogP contribution is 2.45. The third kappa shape index (κ3) is 6.47. The Morgan fingerprint density at radius 1 is 1.12 bits per heavy atom. The molecule has 50 heavy (non-hydrogen) atoms. The van der Waals surface area contributed by atoms with Gasteiger partial charge in [0.25, 0.3) is 11.5 Å². The Labute approximate surface area is 289 Å². The molecule has 16 heteroatoms. The normalized spacial score (nSPS) is 16.8. The number of nitrogens with one attached hydrogen (secondary N) is 1. The molecule has 2 N–H and O–H groups in total. The largest absolute Gasteiger partial charge is 0.505 e. The van der Waals surface area contributed by atoms with Crippen LogP contribution in [0.1, 0.15) is 72.7 Å². The second-order valence-corrected chi connectivity index (χ2v) is 12.5. The van der Waals surface area contributed by atoms with Gasteiger partial charge in [0.15, 0.2) is 11.5 Å². The molecule has 264 valence electrons. The maximum absolute atomic E-state index is 14.2. The zero-order valence-electron chi connectivity index (χ0n) is 27.4. The van der Waals surface area contributed by atoms with Gasteiger partial charge in [-0.2, -0.15) is 22.7 Å². The van der Waals surface area contributed by atoms with Crippen molar-refractivity contribution in [1.29, 1.82) is 0 Å². The number of amides is 2. The summed E-state index contributed by atoms with van der Waals surface area (Å²) < 4.78 is 47.8. The topological polar surface area (TPSA) is 144 Å². The van der Waals surface area contributed by atoms with Gasteiger partial charge in [-0.25, -0.2) is 4.98 Å². The number of hydrogen-bond acceptors (Lipinski definition) is 8. The molecule has 0 unspecified atom stereocenters. The number of carbonyl (C=O) groups is 2. The number of piperidine rings is 1. The molecule has 2 amide bonds. The van der Waals surface area contributed by atoms with Crippen LogP contribution >= 0.6 is 11.6 Å². The minimum Gasteiger partial charge on any atom is -0.505 e. The molecule has 3 aliphatic rings. The van der Waals surface area contributed by atoms with E-state index in [4.69, 9.17) is 16.3 Å². The van der Waals surface area contributed by atoms with Gasteiger partial charge in [0.2, 0.25) is 11.7 Å². The summed E-state index contributed by atoms with van der Waals surface area (Å²) >= 11 is 6.11. The van der Waals surface area contributed by atoms with Crippen LogP contribution in [-0.2, 0) is 34.1 Å². The van der Waals surface area contributed by atoms with Crippen LogP contribution in [0.2, 0.25) is 5.02 Å². The van der Waals surface area contributed by atoms with E-state index in [1.165, 1.54) is 22.8 Å². The van der Waals surface area contributed by atoms with Crippen LogP contribution in [0, 0.1) is 0 Å². The lowest BCUT2D eigenvalue weighted by Gasteiger charge is -2.39. The van der Waals surface area contributed by atoms with Crippen molar-refractivity contribution in [3.8, 4) is 5.75 Å². The Hall–Kier alpha value is -4.76. The highest BCUT2D eigenvalue weighted by molar-refractivity contribution is 6.33. The van der Waals surface area contributed by atoms with Crippen LogP contribution in [0.25, 0.3) is 11.4 Å². The highest BCUT2D eigenvalue weighted by Gasteiger charge is 2.46. The Bertz CT molecular complexity index is 2050. The molecule has 0 saturated carbocycles. The molecular formula is C34H35ClF3N7O5. The molecule has 7 rings (SSSR count). The SMILES string of the molecule is CC.O=C(Cn1c2c(c(=O)n3nc(C4=CCOCC4)nc13)C1(CC2)CCN(C(=O)c2ncccc2O)CC1)Nc1ccc(C(F)(F)F)cc1Cl. The molecule has 0 radical (unpaired) electrons. The van der Waals surface area contributed by atoms with Gasteiger partial charge in [0, 0.05) is 36.0 Å². The van der Waals surface area contributed by atoms with Crippen LogP contribution in [0.3, 0.4) is 0 Å². The molecule has 12 nitrogen and oxygen atoms in total.